The van der Waals surface area contributed by atoms with E-state index in [2.05, 4.69) is 4.99 Å². The first kappa shape index (κ1) is 15.6. The molecule has 0 unspecified atom stereocenters. The number of aliphatic imine (C=N–C) groups is 1. The second-order valence-electron chi connectivity index (χ2n) is 4.13. The minimum Gasteiger partial charge on any atom is -0.376 e. The second kappa shape index (κ2) is 7.80. The second-order valence-corrected chi connectivity index (χ2v) is 4.44. The van der Waals surface area contributed by atoms with Crippen molar-refractivity contribution >= 4 is 17.8 Å². The zero-order valence-electron chi connectivity index (χ0n) is 10.5. The number of ether oxygens (including phenoxy) is 1. The van der Waals surface area contributed by atoms with E-state index in [0.29, 0.717) is 30.9 Å². The molecule has 0 aliphatic rings. The maximum atomic E-state index is 12.3. The van der Waals surface area contributed by atoms with E-state index in [1.165, 1.54) is 0 Å². The van der Waals surface area contributed by atoms with Crippen molar-refractivity contribution < 1.29 is 9.13 Å². The lowest BCUT2D eigenvalue weighted by Gasteiger charge is -2.29. The van der Waals surface area contributed by atoms with Gasteiger partial charge >= 0.3 is 0 Å². The third kappa shape index (κ3) is 5.08. The molecule has 16 heavy (non-hydrogen) atoms. The molecule has 0 saturated carbocycles. The van der Waals surface area contributed by atoms with Gasteiger partial charge in [0.2, 0.25) is 0 Å². The van der Waals surface area contributed by atoms with Gasteiger partial charge in [-0.15, -0.1) is 11.6 Å². The van der Waals surface area contributed by atoms with Gasteiger partial charge in [0.15, 0.2) is 0 Å². The zero-order chi connectivity index (χ0) is 12.6. The van der Waals surface area contributed by atoms with Crippen LogP contribution in [0.1, 0.15) is 34.1 Å². The van der Waals surface area contributed by atoms with E-state index in [1.54, 1.807) is 6.21 Å². The van der Waals surface area contributed by atoms with Crippen molar-refractivity contribution in [1.82, 2.24) is 0 Å². The summed E-state index contributed by atoms with van der Waals surface area (Å²) in [6.45, 7) is 8.34. The number of alkyl halides is 1. The van der Waals surface area contributed by atoms with E-state index >= 15 is 0 Å². The van der Waals surface area contributed by atoms with Gasteiger partial charge in [0.1, 0.15) is 6.33 Å². The monoisotopic (exact) mass is 249 g/mol. The average molecular weight is 250 g/mol. The molecule has 1 atom stereocenters. The van der Waals surface area contributed by atoms with E-state index < -0.39 is 0 Å². The number of halogens is 2. The first-order valence-corrected chi connectivity index (χ1v) is 6.07. The molecule has 4 heteroatoms. The summed E-state index contributed by atoms with van der Waals surface area (Å²) in [5, 5.41) is 0. The summed E-state index contributed by atoms with van der Waals surface area (Å²) in [6, 6.07) is 0. The van der Waals surface area contributed by atoms with Crippen LogP contribution in [0.3, 0.4) is 0 Å². The number of rotatable bonds is 7. The Morgan fingerprint density at radius 2 is 2.12 bits per heavy atom. The highest BCUT2D eigenvalue weighted by atomic mass is 35.5. The van der Waals surface area contributed by atoms with Crippen LogP contribution < -0.4 is 0 Å². The lowest BCUT2D eigenvalue weighted by atomic mass is 9.88. The van der Waals surface area contributed by atoms with Crippen LogP contribution >= 0.6 is 11.6 Å². The standard InChI is InChI=1S/C12H21ClFNO/c1-5-10(8-14)15-9-12(3,4)11(7-13)16-6-2/h8-9,11H,5-7H2,1-4H3/b10-8-,15-9?/t11-/m1/s1. The molecule has 94 valence electrons. The first-order valence-electron chi connectivity index (χ1n) is 5.53. The molecule has 0 bridgehead atoms. The van der Waals surface area contributed by atoms with Crippen LogP contribution in [0.4, 0.5) is 4.39 Å². The molecule has 0 rings (SSSR count). The SMILES string of the molecule is CCO[C@H](CCl)C(C)(C)C=N/C(=C\F)CC. The van der Waals surface area contributed by atoms with Crippen LogP contribution in [0.15, 0.2) is 17.0 Å². The summed E-state index contributed by atoms with van der Waals surface area (Å²) in [5.74, 6) is 0.396. The van der Waals surface area contributed by atoms with Gasteiger partial charge in [-0.25, -0.2) is 4.39 Å². The molecular formula is C12H21ClFNO. The molecule has 0 heterocycles. The number of hydrogen-bond donors (Lipinski definition) is 0. The Morgan fingerprint density at radius 3 is 2.50 bits per heavy atom. The molecule has 0 spiro atoms. The summed E-state index contributed by atoms with van der Waals surface area (Å²) in [6.07, 6.45) is 2.71. The lowest BCUT2D eigenvalue weighted by molar-refractivity contribution is 0.0274. The van der Waals surface area contributed by atoms with Crippen molar-refractivity contribution in [3.63, 3.8) is 0 Å². The van der Waals surface area contributed by atoms with Crippen LogP contribution in [0, 0.1) is 5.41 Å². The Bertz CT molecular complexity index is 251. The Balaban J connectivity index is 4.63. The number of hydrogen-bond acceptors (Lipinski definition) is 2. The molecule has 0 aliphatic carbocycles. The normalized spacial score (nSPS) is 15.8. The van der Waals surface area contributed by atoms with Crippen molar-refractivity contribution in [3.05, 3.63) is 12.0 Å². The van der Waals surface area contributed by atoms with Gasteiger partial charge in [-0.1, -0.05) is 20.8 Å². The van der Waals surface area contributed by atoms with E-state index in [4.69, 9.17) is 16.3 Å². The van der Waals surface area contributed by atoms with Crippen molar-refractivity contribution in [1.29, 1.82) is 0 Å². The predicted octanol–water partition coefficient (Wildman–Crippen LogP) is 3.95. The molecule has 0 saturated heterocycles. The van der Waals surface area contributed by atoms with Gasteiger partial charge in [0, 0.05) is 24.1 Å². The summed E-state index contributed by atoms with van der Waals surface area (Å²) >= 11 is 5.84. The minimum absolute atomic E-state index is 0.111. The average Bonchev–Trinajstić information content (AvgIpc) is 2.26. The molecule has 0 aliphatic heterocycles. The minimum atomic E-state index is -0.304. The highest BCUT2D eigenvalue weighted by Crippen LogP contribution is 2.23. The Labute approximate surface area is 103 Å². The summed E-state index contributed by atoms with van der Waals surface area (Å²) < 4.78 is 17.9. The topological polar surface area (TPSA) is 21.6 Å². The van der Waals surface area contributed by atoms with Gasteiger partial charge in [-0.2, -0.15) is 0 Å². The highest BCUT2D eigenvalue weighted by molar-refractivity contribution is 6.18. The predicted molar refractivity (Wildman–Crippen MR) is 67.9 cm³/mol. The molecule has 0 aromatic heterocycles. The third-order valence-corrected chi connectivity index (χ3v) is 2.67. The van der Waals surface area contributed by atoms with Crippen molar-refractivity contribution in [3.8, 4) is 0 Å². The van der Waals surface area contributed by atoms with Crippen molar-refractivity contribution in [2.45, 2.75) is 40.2 Å². The van der Waals surface area contributed by atoms with Gasteiger partial charge in [0.05, 0.1) is 11.8 Å². The Hall–Kier alpha value is -0.410. The maximum Gasteiger partial charge on any atom is 0.108 e. The molecular weight excluding hydrogens is 229 g/mol. The highest BCUT2D eigenvalue weighted by Gasteiger charge is 2.27. The summed E-state index contributed by atoms with van der Waals surface area (Å²) in [4.78, 5) is 4.11. The first-order chi connectivity index (χ1) is 7.51. The largest absolute Gasteiger partial charge is 0.376 e. The number of allylic oxidation sites excluding steroid dienone is 1. The van der Waals surface area contributed by atoms with E-state index in [9.17, 15) is 4.39 Å². The van der Waals surface area contributed by atoms with Crippen molar-refractivity contribution in [2.75, 3.05) is 12.5 Å². The maximum absolute atomic E-state index is 12.3. The van der Waals surface area contributed by atoms with Gasteiger partial charge in [-0.05, 0) is 13.3 Å². The number of nitrogens with zero attached hydrogens (tertiary/aromatic N) is 1. The molecule has 0 amide bonds. The fourth-order valence-corrected chi connectivity index (χ4v) is 1.68. The Kier molecular flexibility index (Phi) is 7.60. The van der Waals surface area contributed by atoms with Crippen LogP contribution in [0.2, 0.25) is 0 Å². The molecule has 0 aromatic carbocycles. The van der Waals surface area contributed by atoms with Crippen LogP contribution in [-0.4, -0.2) is 24.8 Å². The van der Waals surface area contributed by atoms with E-state index in [0.717, 1.165) is 0 Å². The van der Waals surface area contributed by atoms with Crippen LogP contribution in [-0.2, 0) is 4.74 Å². The van der Waals surface area contributed by atoms with E-state index in [1.807, 2.05) is 27.7 Å². The van der Waals surface area contributed by atoms with Crippen LogP contribution in [0.5, 0.6) is 0 Å². The fraction of sp³-hybridized carbons (Fsp3) is 0.750. The summed E-state index contributed by atoms with van der Waals surface area (Å²) in [7, 11) is 0. The molecule has 0 radical (unpaired) electrons. The van der Waals surface area contributed by atoms with E-state index in [-0.39, 0.29) is 11.5 Å². The van der Waals surface area contributed by atoms with Gasteiger partial charge < -0.3 is 4.74 Å². The quantitative estimate of drug-likeness (QED) is 0.495. The molecule has 0 fully saturated rings. The molecule has 2 nitrogen and oxygen atoms in total. The molecule has 0 aromatic rings. The Morgan fingerprint density at radius 1 is 1.50 bits per heavy atom. The third-order valence-electron chi connectivity index (χ3n) is 2.39. The fourth-order valence-electron chi connectivity index (χ4n) is 1.19. The van der Waals surface area contributed by atoms with Crippen LogP contribution in [0.25, 0.3) is 0 Å². The van der Waals surface area contributed by atoms with Gasteiger partial charge in [-0.3, -0.25) is 4.99 Å². The zero-order valence-corrected chi connectivity index (χ0v) is 11.2. The summed E-state index contributed by atoms with van der Waals surface area (Å²) in [5.41, 5.74) is 0.124. The molecule has 0 N–H and O–H groups in total. The van der Waals surface area contributed by atoms with Crippen molar-refractivity contribution in [2.24, 2.45) is 10.4 Å². The lowest BCUT2D eigenvalue weighted by Crippen LogP contribution is -2.35. The van der Waals surface area contributed by atoms with Gasteiger partial charge in [0.25, 0.3) is 0 Å². The smallest absolute Gasteiger partial charge is 0.108 e.